The summed E-state index contributed by atoms with van der Waals surface area (Å²) in [5.74, 6) is 1.80. The Morgan fingerprint density at radius 1 is 1.12 bits per heavy atom. The molecule has 25 heavy (non-hydrogen) atoms. The number of aromatic nitrogens is 3. The van der Waals surface area contributed by atoms with Gasteiger partial charge in [0.2, 0.25) is 0 Å². The molecule has 1 N–H and O–H groups in total. The van der Waals surface area contributed by atoms with Crippen molar-refractivity contribution in [2.24, 2.45) is 5.92 Å². The molecule has 1 atom stereocenters. The number of nitrogens with zero attached hydrogens (tertiary/aromatic N) is 3. The molecule has 1 aliphatic heterocycles. The lowest BCUT2D eigenvalue weighted by molar-refractivity contribution is 0.164. The van der Waals surface area contributed by atoms with E-state index in [1.165, 1.54) is 24.9 Å². The zero-order valence-electron chi connectivity index (χ0n) is 15.1. The first-order valence-electron chi connectivity index (χ1n) is 9.26. The predicted molar refractivity (Wildman–Crippen MR) is 102 cm³/mol. The van der Waals surface area contributed by atoms with Crippen molar-refractivity contribution in [3.05, 3.63) is 59.2 Å². The molecule has 1 aliphatic rings. The number of likely N-dealkylation sites (tertiary alicyclic amines) is 1. The highest BCUT2D eigenvalue weighted by atomic mass is 15.2. The lowest BCUT2D eigenvalue weighted by Gasteiger charge is -2.32. The predicted octanol–water partition coefficient (Wildman–Crippen LogP) is 4.03. The Balaban J connectivity index is 1.42. The molecule has 2 aromatic heterocycles. The van der Waals surface area contributed by atoms with Gasteiger partial charge in [0, 0.05) is 17.9 Å². The second-order valence-corrected chi connectivity index (χ2v) is 7.41. The molecule has 130 valence electrons. The maximum atomic E-state index is 4.73. The highest BCUT2D eigenvalue weighted by molar-refractivity contribution is 5.74. The van der Waals surface area contributed by atoms with Crippen LogP contribution in [0.3, 0.4) is 0 Å². The quantitative estimate of drug-likeness (QED) is 0.783. The summed E-state index contributed by atoms with van der Waals surface area (Å²) < 4.78 is 0. The molecule has 1 unspecified atom stereocenters. The maximum Gasteiger partial charge on any atom is 0.121 e. The molecule has 0 amide bonds. The number of hydrogen-bond donors (Lipinski definition) is 1. The fraction of sp³-hybridized carbons (Fsp3) is 0.429. The number of pyridine rings is 1. The third kappa shape index (κ3) is 3.90. The van der Waals surface area contributed by atoms with Crippen LogP contribution < -0.4 is 0 Å². The average Bonchev–Trinajstić information content (AvgIpc) is 2.96. The molecular weight excluding hydrogens is 308 g/mol. The lowest BCUT2D eigenvalue weighted by atomic mass is 9.91. The Morgan fingerprint density at radius 3 is 2.72 bits per heavy atom. The topological polar surface area (TPSA) is 44.8 Å². The Kier molecular flexibility index (Phi) is 4.53. The van der Waals surface area contributed by atoms with Gasteiger partial charge in [-0.05, 0) is 75.4 Å². The number of fused-ring (bicyclic) bond motifs is 1. The Morgan fingerprint density at radius 2 is 1.92 bits per heavy atom. The Labute approximate surface area is 149 Å². The number of rotatable bonds is 4. The molecule has 1 aromatic carbocycles. The molecule has 0 bridgehead atoms. The van der Waals surface area contributed by atoms with Gasteiger partial charge in [-0.25, -0.2) is 4.98 Å². The van der Waals surface area contributed by atoms with Crippen molar-refractivity contribution in [2.45, 2.75) is 39.7 Å². The second-order valence-electron chi connectivity index (χ2n) is 7.41. The number of aryl methyl sites for hydroxylation is 2. The minimum absolute atomic E-state index is 0.722. The first-order chi connectivity index (χ1) is 12.2. The summed E-state index contributed by atoms with van der Waals surface area (Å²) >= 11 is 0. The van der Waals surface area contributed by atoms with E-state index in [0.29, 0.717) is 0 Å². The Bertz CT molecular complexity index is 814. The molecule has 1 saturated heterocycles. The van der Waals surface area contributed by atoms with Gasteiger partial charge in [-0.2, -0.15) is 0 Å². The minimum atomic E-state index is 0.722. The number of para-hydroxylation sites is 2. The number of H-pyrrole nitrogens is 1. The van der Waals surface area contributed by atoms with Crippen LogP contribution >= 0.6 is 0 Å². The van der Waals surface area contributed by atoms with E-state index in [0.717, 1.165) is 53.7 Å². The largest absolute Gasteiger partial charge is 0.341 e. The van der Waals surface area contributed by atoms with Crippen LogP contribution in [0.5, 0.6) is 0 Å². The smallest absolute Gasteiger partial charge is 0.121 e. The zero-order chi connectivity index (χ0) is 17.2. The summed E-state index contributed by atoms with van der Waals surface area (Å²) in [5.41, 5.74) is 5.89. The lowest BCUT2D eigenvalue weighted by Crippen LogP contribution is -2.36. The molecule has 3 aromatic rings. The van der Waals surface area contributed by atoms with Crippen LogP contribution in [0.4, 0.5) is 0 Å². The fourth-order valence-electron chi connectivity index (χ4n) is 4.13. The van der Waals surface area contributed by atoms with Gasteiger partial charge >= 0.3 is 0 Å². The second kappa shape index (κ2) is 6.96. The van der Waals surface area contributed by atoms with E-state index in [2.05, 4.69) is 59.0 Å². The maximum absolute atomic E-state index is 4.73. The molecule has 3 heterocycles. The van der Waals surface area contributed by atoms with E-state index in [4.69, 9.17) is 4.98 Å². The minimum Gasteiger partial charge on any atom is -0.341 e. The van der Waals surface area contributed by atoms with Gasteiger partial charge in [0.15, 0.2) is 0 Å². The summed E-state index contributed by atoms with van der Waals surface area (Å²) in [6.45, 7) is 7.41. The number of aromatic amines is 1. The van der Waals surface area contributed by atoms with Crippen LogP contribution in [-0.4, -0.2) is 32.9 Å². The van der Waals surface area contributed by atoms with Crippen molar-refractivity contribution < 1.29 is 0 Å². The van der Waals surface area contributed by atoms with Crippen LogP contribution in [0.1, 0.15) is 35.6 Å². The third-order valence-corrected chi connectivity index (χ3v) is 5.08. The van der Waals surface area contributed by atoms with Gasteiger partial charge in [-0.15, -0.1) is 0 Å². The van der Waals surface area contributed by atoms with Crippen molar-refractivity contribution in [1.82, 2.24) is 19.9 Å². The van der Waals surface area contributed by atoms with E-state index in [-0.39, 0.29) is 0 Å². The summed E-state index contributed by atoms with van der Waals surface area (Å²) in [5, 5.41) is 0. The van der Waals surface area contributed by atoms with Gasteiger partial charge < -0.3 is 4.98 Å². The van der Waals surface area contributed by atoms with E-state index in [9.17, 15) is 0 Å². The average molecular weight is 334 g/mol. The third-order valence-electron chi connectivity index (χ3n) is 5.08. The first kappa shape index (κ1) is 16.3. The van der Waals surface area contributed by atoms with Crippen LogP contribution in [0.15, 0.2) is 36.4 Å². The highest BCUT2D eigenvalue weighted by Crippen LogP contribution is 2.23. The van der Waals surface area contributed by atoms with Gasteiger partial charge in [-0.3, -0.25) is 9.88 Å². The van der Waals surface area contributed by atoms with E-state index in [1.807, 2.05) is 6.07 Å². The SMILES string of the molecule is Cc1cc(CC2CCCN(Cc3nc4ccccc4[nH]3)C2)cc(C)n1. The standard InChI is InChI=1S/C21H26N4/c1-15-10-18(11-16(2)22-15)12-17-6-5-9-25(13-17)14-21-23-19-7-3-4-8-20(19)24-21/h3-4,7-8,10-11,17H,5-6,9,12-14H2,1-2H3,(H,23,24). The molecule has 0 radical (unpaired) electrons. The molecule has 1 fully saturated rings. The van der Waals surface area contributed by atoms with Crippen molar-refractivity contribution in [3.63, 3.8) is 0 Å². The number of benzene rings is 1. The number of imidazole rings is 1. The first-order valence-corrected chi connectivity index (χ1v) is 9.26. The summed E-state index contributed by atoms with van der Waals surface area (Å²) in [7, 11) is 0. The monoisotopic (exact) mass is 334 g/mol. The zero-order valence-corrected chi connectivity index (χ0v) is 15.1. The number of nitrogens with one attached hydrogen (secondary N) is 1. The highest BCUT2D eigenvalue weighted by Gasteiger charge is 2.21. The Hall–Kier alpha value is -2.20. The summed E-state index contributed by atoms with van der Waals surface area (Å²) in [6.07, 6.45) is 3.74. The van der Waals surface area contributed by atoms with Crippen molar-refractivity contribution in [3.8, 4) is 0 Å². The molecule has 4 nitrogen and oxygen atoms in total. The van der Waals surface area contributed by atoms with Crippen LogP contribution in [0.25, 0.3) is 11.0 Å². The normalized spacial score (nSPS) is 18.7. The van der Waals surface area contributed by atoms with E-state index >= 15 is 0 Å². The van der Waals surface area contributed by atoms with Crippen molar-refractivity contribution in [1.29, 1.82) is 0 Å². The van der Waals surface area contributed by atoms with Crippen LogP contribution in [0, 0.1) is 19.8 Å². The van der Waals surface area contributed by atoms with Crippen molar-refractivity contribution >= 4 is 11.0 Å². The van der Waals surface area contributed by atoms with Gasteiger partial charge in [0.05, 0.1) is 17.6 Å². The van der Waals surface area contributed by atoms with Crippen LogP contribution in [-0.2, 0) is 13.0 Å². The van der Waals surface area contributed by atoms with Crippen molar-refractivity contribution in [2.75, 3.05) is 13.1 Å². The van der Waals surface area contributed by atoms with Crippen LogP contribution in [0.2, 0.25) is 0 Å². The molecular formula is C21H26N4. The molecule has 0 spiro atoms. The summed E-state index contributed by atoms with van der Waals surface area (Å²) in [6, 6.07) is 12.8. The molecule has 0 saturated carbocycles. The summed E-state index contributed by atoms with van der Waals surface area (Å²) in [4.78, 5) is 15.2. The number of piperidine rings is 1. The van der Waals surface area contributed by atoms with E-state index in [1.54, 1.807) is 0 Å². The fourth-order valence-corrected chi connectivity index (χ4v) is 4.13. The van der Waals surface area contributed by atoms with Gasteiger partial charge in [-0.1, -0.05) is 12.1 Å². The molecule has 4 heteroatoms. The molecule has 4 rings (SSSR count). The van der Waals surface area contributed by atoms with E-state index < -0.39 is 0 Å². The van der Waals surface area contributed by atoms with Gasteiger partial charge in [0.25, 0.3) is 0 Å². The van der Waals surface area contributed by atoms with Gasteiger partial charge in [0.1, 0.15) is 5.82 Å². The molecule has 0 aliphatic carbocycles. The number of hydrogen-bond acceptors (Lipinski definition) is 3.